The number of H-pyrrole nitrogens is 1. The van der Waals surface area contributed by atoms with Crippen LogP contribution in [0.5, 0.6) is 0 Å². The molecule has 0 saturated heterocycles. The van der Waals surface area contributed by atoms with Crippen LogP contribution in [0.2, 0.25) is 0 Å². The van der Waals surface area contributed by atoms with Gasteiger partial charge in [-0.3, -0.25) is 0 Å². The molecule has 0 radical (unpaired) electrons. The third kappa shape index (κ3) is 2.63. The predicted octanol–water partition coefficient (Wildman–Crippen LogP) is 2.56. The minimum atomic E-state index is 0.788. The van der Waals surface area contributed by atoms with Gasteiger partial charge in [0.25, 0.3) is 0 Å². The van der Waals surface area contributed by atoms with E-state index in [9.17, 15) is 0 Å². The smallest absolute Gasteiger partial charge is 0.177 e. The Morgan fingerprint density at radius 3 is 2.79 bits per heavy atom. The lowest BCUT2D eigenvalue weighted by Gasteiger charge is -2.05. The maximum absolute atomic E-state index is 4.35. The number of fused-ring (bicyclic) bond motifs is 1. The van der Waals surface area contributed by atoms with Crippen LogP contribution in [-0.4, -0.2) is 15.0 Å². The van der Waals surface area contributed by atoms with Gasteiger partial charge in [-0.15, -0.1) is 0 Å². The van der Waals surface area contributed by atoms with E-state index in [0.717, 1.165) is 30.1 Å². The molecule has 0 unspecified atom stereocenters. The summed E-state index contributed by atoms with van der Waals surface area (Å²) >= 11 is 0. The third-order valence-corrected chi connectivity index (χ3v) is 3.08. The van der Waals surface area contributed by atoms with E-state index < -0.39 is 0 Å². The largest absolute Gasteiger partial charge is 0.341 e. The summed E-state index contributed by atoms with van der Waals surface area (Å²) in [5.41, 5.74) is 4.30. The molecule has 2 aromatic heterocycles. The molecule has 0 aliphatic carbocycles. The summed E-state index contributed by atoms with van der Waals surface area (Å²) in [7, 11) is 0. The van der Waals surface area contributed by atoms with Gasteiger partial charge in [0, 0.05) is 19.3 Å². The van der Waals surface area contributed by atoms with Gasteiger partial charge in [0.2, 0.25) is 0 Å². The van der Waals surface area contributed by atoms with Gasteiger partial charge in [0.15, 0.2) is 5.65 Å². The normalized spacial score (nSPS) is 11.0. The van der Waals surface area contributed by atoms with Gasteiger partial charge in [0.1, 0.15) is 5.82 Å². The fourth-order valence-corrected chi connectivity index (χ4v) is 2.16. The Balaban J connectivity index is 1.72. The van der Waals surface area contributed by atoms with E-state index in [1.165, 1.54) is 11.1 Å². The van der Waals surface area contributed by atoms with E-state index in [-0.39, 0.29) is 0 Å². The lowest BCUT2D eigenvalue weighted by Crippen LogP contribution is -2.13. The van der Waals surface area contributed by atoms with Crippen LogP contribution in [0, 0.1) is 6.92 Å². The fraction of sp³-hybridized carbons (Fsp3) is 0.200. The molecule has 0 saturated carbocycles. The molecule has 1 aromatic carbocycles. The van der Waals surface area contributed by atoms with E-state index >= 15 is 0 Å². The molecule has 2 N–H and O–H groups in total. The van der Waals surface area contributed by atoms with Gasteiger partial charge < -0.3 is 10.3 Å². The van der Waals surface area contributed by atoms with Crippen LogP contribution in [-0.2, 0) is 13.1 Å². The first-order valence-electron chi connectivity index (χ1n) is 6.38. The molecule has 0 atom stereocenters. The van der Waals surface area contributed by atoms with Crippen LogP contribution in [0.15, 0.2) is 42.6 Å². The van der Waals surface area contributed by atoms with E-state index in [1.54, 1.807) is 0 Å². The Kier molecular flexibility index (Phi) is 3.25. The fourth-order valence-electron chi connectivity index (χ4n) is 2.16. The van der Waals surface area contributed by atoms with Gasteiger partial charge >= 0.3 is 0 Å². The molecule has 0 bridgehead atoms. The quantitative estimate of drug-likeness (QED) is 0.750. The van der Waals surface area contributed by atoms with Crippen molar-refractivity contribution in [2.24, 2.45) is 0 Å². The molecule has 4 heteroatoms. The van der Waals surface area contributed by atoms with Gasteiger partial charge in [-0.05, 0) is 24.1 Å². The molecule has 0 amide bonds. The van der Waals surface area contributed by atoms with Gasteiger partial charge in [-0.1, -0.05) is 30.3 Å². The summed E-state index contributed by atoms with van der Waals surface area (Å²) in [5, 5.41) is 3.44. The summed E-state index contributed by atoms with van der Waals surface area (Å²) < 4.78 is 0. The number of aryl methyl sites for hydroxylation is 1. The second kappa shape index (κ2) is 5.20. The summed E-state index contributed by atoms with van der Waals surface area (Å²) in [4.78, 5) is 11.9. The van der Waals surface area contributed by atoms with Gasteiger partial charge in [-0.2, -0.15) is 0 Å². The average molecular weight is 252 g/mol. The van der Waals surface area contributed by atoms with Crippen LogP contribution in [0.4, 0.5) is 0 Å². The first-order chi connectivity index (χ1) is 9.33. The summed E-state index contributed by atoms with van der Waals surface area (Å²) in [6, 6.07) is 12.4. The second-order valence-electron chi connectivity index (χ2n) is 4.58. The molecule has 3 rings (SSSR count). The molecule has 96 valence electrons. The number of imidazole rings is 1. The Morgan fingerprint density at radius 1 is 1.11 bits per heavy atom. The summed E-state index contributed by atoms with van der Waals surface area (Å²) in [5.74, 6) is 0.901. The first-order valence-corrected chi connectivity index (χ1v) is 6.38. The minimum absolute atomic E-state index is 0.788. The van der Waals surface area contributed by atoms with Crippen molar-refractivity contribution in [3.8, 4) is 0 Å². The Hall–Kier alpha value is -2.20. The van der Waals surface area contributed by atoms with Crippen LogP contribution in [0.25, 0.3) is 11.2 Å². The van der Waals surface area contributed by atoms with Crippen LogP contribution < -0.4 is 5.32 Å². The zero-order valence-electron chi connectivity index (χ0n) is 10.9. The highest BCUT2D eigenvalue weighted by Gasteiger charge is 2.05. The van der Waals surface area contributed by atoms with E-state index in [4.69, 9.17) is 0 Å². The molecule has 4 nitrogen and oxygen atoms in total. The maximum Gasteiger partial charge on any atom is 0.177 e. The van der Waals surface area contributed by atoms with Crippen molar-refractivity contribution in [3.05, 3.63) is 59.5 Å². The Bertz CT molecular complexity index is 673. The van der Waals surface area contributed by atoms with Crippen molar-refractivity contribution in [1.82, 2.24) is 20.3 Å². The van der Waals surface area contributed by atoms with E-state index in [0.29, 0.717) is 0 Å². The second-order valence-corrected chi connectivity index (χ2v) is 4.58. The number of rotatable bonds is 4. The third-order valence-electron chi connectivity index (χ3n) is 3.08. The molecule has 19 heavy (non-hydrogen) atoms. The number of nitrogens with zero attached hydrogens (tertiary/aromatic N) is 2. The lowest BCUT2D eigenvalue weighted by molar-refractivity contribution is 0.695. The molecule has 0 fully saturated rings. The monoisotopic (exact) mass is 252 g/mol. The highest BCUT2D eigenvalue weighted by molar-refractivity contribution is 5.74. The molecule has 0 aliphatic rings. The van der Waals surface area contributed by atoms with Crippen molar-refractivity contribution in [3.63, 3.8) is 0 Å². The highest BCUT2D eigenvalue weighted by Crippen LogP contribution is 2.13. The SMILES string of the molecule is Cc1nc2nccc(CNCc3ccccc3)c2[nH]1. The molecule has 3 aromatic rings. The van der Waals surface area contributed by atoms with Gasteiger partial charge in [-0.25, -0.2) is 9.97 Å². The van der Waals surface area contributed by atoms with Gasteiger partial charge in [0.05, 0.1) is 5.52 Å². The molecular weight excluding hydrogens is 236 g/mol. The Morgan fingerprint density at radius 2 is 1.95 bits per heavy atom. The van der Waals surface area contributed by atoms with E-state index in [2.05, 4.69) is 44.5 Å². The van der Waals surface area contributed by atoms with Crippen molar-refractivity contribution in [1.29, 1.82) is 0 Å². The van der Waals surface area contributed by atoms with Crippen LogP contribution in [0.3, 0.4) is 0 Å². The first kappa shape index (κ1) is 11.9. The minimum Gasteiger partial charge on any atom is -0.341 e. The van der Waals surface area contributed by atoms with Crippen molar-refractivity contribution < 1.29 is 0 Å². The topological polar surface area (TPSA) is 53.6 Å². The summed E-state index contributed by atoms with van der Waals surface area (Å²) in [6.07, 6.45) is 1.81. The Labute approximate surface area is 111 Å². The molecule has 0 aliphatic heterocycles. The zero-order valence-corrected chi connectivity index (χ0v) is 10.9. The number of hydrogen-bond acceptors (Lipinski definition) is 3. The highest BCUT2D eigenvalue weighted by atomic mass is 15.0. The average Bonchev–Trinajstić information content (AvgIpc) is 2.81. The van der Waals surface area contributed by atoms with Crippen LogP contribution in [0.1, 0.15) is 17.0 Å². The number of aromatic nitrogens is 3. The number of benzene rings is 1. The number of hydrogen-bond donors (Lipinski definition) is 2. The molecule has 2 heterocycles. The van der Waals surface area contributed by atoms with E-state index in [1.807, 2.05) is 25.3 Å². The maximum atomic E-state index is 4.35. The number of aromatic amines is 1. The molecule has 0 spiro atoms. The standard InChI is InChI=1S/C15H16N4/c1-11-18-14-13(7-8-17-15(14)19-11)10-16-9-12-5-3-2-4-6-12/h2-8,16H,9-10H2,1H3,(H,17,18,19). The van der Waals surface area contributed by atoms with Crippen molar-refractivity contribution >= 4 is 11.2 Å². The number of pyridine rings is 1. The molecular formula is C15H16N4. The zero-order chi connectivity index (χ0) is 13.1. The number of nitrogens with one attached hydrogen (secondary N) is 2. The lowest BCUT2D eigenvalue weighted by atomic mass is 10.2. The summed E-state index contributed by atoms with van der Waals surface area (Å²) in [6.45, 7) is 3.61. The van der Waals surface area contributed by atoms with Crippen LogP contribution >= 0.6 is 0 Å². The predicted molar refractivity (Wildman–Crippen MR) is 75.6 cm³/mol. The van der Waals surface area contributed by atoms with Crippen molar-refractivity contribution in [2.75, 3.05) is 0 Å². The van der Waals surface area contributed by atoms with Crippen molar-refractivity contribution in [2.45, 2.75) is 20.0 Å².